The van der Waals surface area contributed by atoms with E-state index in [9.17, 15) is 19.5 Å². The van der Waals surface area contributed by atoms with E-state index >= 15 is 0 Å². The van der Waals surface area contributed by atoms with E-state index in [1.807, 2.05) is 19.2 Å². The van der Waals surface area contributed by atoms with Gasteiger partial charge in [-0.05, 0) is 44.1 Å². The third-order valence-electron chi connectivity index (χ3n) is 9.73. The molecule has 6 atom stereocenters. The molecule has 2 aliphatic carbocycles. The lowest BCUT2D eigenvalue weighted by Crippen LogP contribution is -2.74. The van der Waals surface area contributed by atoms with Crippen LogP contribution in [-0.4, -0.2) is 78.3 Å². The molecule has 2 aromatic rings. The van der Waals surface area contributed by atoms with Gasteiger partial charge in [0.05, 0.1) is 24.5 Å². The normalized spacial score (nSPS) is 31.6. The van der Waals surface area contributed by atoms with Gasteiger partial charge in [0, 0.05) is 37.4 Å². The van der Waals surface area contributed by atoms with Gasteiger partial charge in [-0.2, -0.15) is 0 Å². The summed E-state index contributed by atoms with van der Waals surface area (Å²) in [4.78, 5) is 41.3. The Morgan fingerprint density at radius 1 is 1.16 bits per heavy atom. The van der Waals surface area contributed by atoms with E-state index in [0.29, 0.717) is 29.9 Å². The van der Waals surface area contributed by atoms with Crippen LogP contribution in [-0.2, 0) is 45.2 Å². The molecule has 5 aliphatic rings. The number of nitrogens with zero attached hydrogens (tertiary/aromatic N) is 1. The lowest BCUT2D eigenvalue weighted by atomic mass is 9.50. The number of piperidine rings is 1. The van der Waals surface area contributed by atoms with Gasteiger partial charge < -0.3 is 38.4 Å². The van der Waals surface area contributed by atoms with Crippen molar-refractivity contribution in [3.8, 4) is 11.5 Å². The molecule has 1 unspecified atom stereocenters. The number of ether oxygens (including phenoxy) is 6. The van der Waals surface area contributed by atoms with Gasteiger partial charge in [-0.3, -0.25) is 4.79 Å². The van der Waals surface area contributed by atoms with Gasteiger partial charge in [0.25, 0.3) is 0 Å². The molecule has 0 aromatic heterocycles. The molecule has 3 aliphatic heterocycles. The van der Waals surface area contributed by atoms with Crippen LogP contribution in [0, 0.1) is 0 Å². The van der Waals surface area contributed by atoms with Gasteiger partial charge in [0.2, 0.25) is 11.9 Å². The number of aliphatic hydroxyl groups is 1. The van der Waals surface area contributed by atoms with Gasteiger partial charge >= 0.3 is 17.9 Å². The lowest BCUT2D eigenvalue weighted by molar-refractivity contribution is -0.178. The highest BCUT2D eigenvalue weighted by molar-refractivity contribution is 5.85. The zero-order chi connectivity index (χ0) is 31.0. The largest absolute Gasteiger partial charge is 0.493 e. The van der Waals surface area contributed by atoms with Crippen LogP contribution >= 0.6 is 0 Å². The number of benzene rings is 2. The van der Waals surface area contributed by atoms with E-state index in [0.717, 1.165) is 17.7 Å². The van der Waals surface area contributed by atoms with Gasteiger partial charge in [0.15, 0.2) is 23.7 Å². The van der Waals surface area contributed by atoms with Crippen molar-refractivity contribution in [1.82, 2.24) is 4.90 Å². The molecule has 0 amide bonds. The molecule has 2 fully saturated rings. The number of carbonyl (C=O) groups excluding carboxylic acids is 3. The van der Waals surface area contributed by atoms with E-state index in [1.54, 1.807) is 57.4 Å². The molecular formula is C33H35NO10. The number of hydrogen-bond acceptors (Lipinski definition) is 11. The van der Waals surface area contributed by atoms with Crippen LogP contribution in [0.25, 0.3) is 0 Å². The van der Waals surface area contributed by atoms with Gasteiger partial charge in [-0.1, -0.05) is 36.4 Å². The predicted molar refractivity (Wildman–Crippen MR) is 153 cm³/mol. The first-order valence-corrected chi connectivity index (χ1v) is 14.8. The quantitative estimate of drug-likeness (QED) is 0.369. The maximum atomic E-state index is 13.9. The molecule has 11 nitrogen and oxygen atoms in total. The topological polar surface area (TPSA) is 130 Å². The van der Waals surface area contributed by atoms with Crippen molar-refractivity contribution in [2.75, 3.05) is 20.7 Å². The molecule has 11 heteroatoms. The third kappa shape index (κ3) is 4.17. The molecule has 3 heterocycles. The summed E-state index contributed by atoms with van der Waals surface area (Å²) in [5, 5.41) is 12.4. The minimum absolute atomic E-state index is 0.157. The highest BCUT2D eigenvalue weighted by atomic mass is 16.8. The summed E-state index contributed by atoms with van der Waals surface area (Å²) in [5.74, 6) is -2.16. The number of likely N-dealkylation sites (tertiary alicyclic amines) is 1. The fraction of sp³-hybridized carbons (Fsp3) is 0.485. The Labute approximate surface area is 254 Å². The van der Waals surface area contributed by atoms with Crippen molar-refractivity contribution in [3.63, 3.8) is 0 Å². The molecule has 44 heavy (non-hydrogen) atoms. The van der Waals surface area contributed by atoms with Crippen LogP contribution in [0.4, 0.5) is 0 Å². The van der Waals surface area contributed by atoms with Crippen LogP contribution < -0.4 is 9.47 Å². The van der Waals surface area contributed by atoms with Crippen LogP contribution in [0.2, 0.25) is 0 Å². The average molecular weight is 606 g/mol. The maximum absolute atomic E-state index is 13.9. The zero-order valence-electron chi connectivity index (χ0n) is 25.0. The minimum Gasteiger partial charge on any atom is -0.493 e. The number of methoxy groups -OCH3 is 1. The molecule has 1 N–H and O–H groups in total. The van der Waals surface area contributed by atoms with Crippen molar-refractivity contribution in [2.24, 2.45) is 0 Å². The van der Waals surface area contributed by atoms with Crippen molar-refractivity contribution >= 4 is 17.9 Å². The monoisotopic (exact) mass is 605 g/mol. The zero-order valence-corrected chi connectivity index (χ0v) is 25.0. The Morgan fingerprint density at radius 3 is 2.64 bits per heavy atom. The summed E-state index contributed by atoms with van der Waals surface area (Å²) < 4.78 is 34.6. The predicted octanol–water partition coefficient (Wildman–Crippen LogP) is 2.87. The standard InChI is InChI=1S/C33H35NO10/c1-31(2)43-22(29(36)44-31)17-24(35)41-26(18-8-6-5-7-9-18)30(37)40-21-12-13-33(38)23-16-19-10-11-20(39-4)27-25(19)32(33,28(21)42-27)14-15-34(23)3/h5-12,22-23,26,28,38H,13-17H2,1-4H3/t22-,23?,26-,28-,32-,33-/m0/s1. The summed E-state index contributed by atoms with van der Waals surface area (Å²) in [7, 11) is 3.59. The first kappa shape index (κ1) is 28.8. The van der Waals surface area contributed by atoms with E-state index in [1.165, 1.54) is 0 Å². The summed E-state index contributed by atoms with van der Waals surface area (Å²) in [6.45, 7) is 3.86. The molecule has 2 bridgehead atoms. The Kier molecular flexibility index (Phi) is 6.58. The maximum Gasteiger partial charge on any atom is 0.357 e. The molecule has 2 saturated heterocycles. The number of hydrogen-bond donors (Lipinski definition) is 1. The minimum atomic E-state index is -1.43. The average Bonchev–Trinajstić information content (AvgIpc) is 3.47. The molecule has 1 spiro atoms. The highest BCUT2D eigenvalue weighted by Crippen LogP contribution is 2.65. The first-order chi connectivity index (χ1) is 21.0. The highest BCUT2D eigenvalue weighted by Gasteiger charge is 2.72. The molecule has 2 aromatic carbocycles. The lowest BCUT2D eigenvalue weighted by Gasteiger charge is -2.61. The fourth-order valence-corrected chi connectivity index (χ4v) is 7.82. The van der Waals surface area contributed by atoms with E-state index in [2.05, 4.69) is 4.90 Å². The summed E-state index contributed by atoms with van der Waals surface area (Å²) in [6, 6.07) is 12.2. The van der Waals surface area contributed by atoms with E-state index in [-0.39, 0.29) is 18.2 Å². The van der Waals surface area contributed by atoms with Crippen LogP contribution in [0.5, 0.6) is 11.5 Å². The van der Waals surface area contributed by atoms with Crippen molar-refractivity contribution in [3.05, 3.63) is 71.0 Å². The number of rotatable bonds is 7. The summed E-state index contributed by atoms with van der Waals surface area (Å²) >= 11 is 0. The number of esters is 3. The second kappa shape index (κ2) is 10.0. The molecule has 7 rings (SSSR count). The molecule has 232 valence electrons. The molecular weight excluding hydrogens is 570 g/mol. The van der Waals surface area contributed by atoms with E-state index in [4.69, 9.17) is 28.4 Å². The number of likely N-dealkylation sites (N-methyl/N-ethyl adjacent to an activating group) is 1. The smallest absolute Gasteiger partial charge is 0.357 e. The van der Waals surface area contributed by atoms with Crippen molar-refractivity contribution in [2.45, 2.75) is 80.7 Å². The molecule has 0 saturated carbocycles. The number of carbonyl (C=O) groups is 3. The van der Waals surface area contributed by atoms with Crippen LogP contribution in [0.15, 0.2) is 54.3 Å². The van der Waals surface area contributed by atoms with Gasteiger partial charge in [0.1, 0.15) is 5.76 Å². The number of cyclic esters (lactones) is 1. The Bertz CT molecular complexity index is 1570. The fourth-order valence-electron chi connectivity index (χ4n) is 7.82. The van der Waals surface area contributed by atoms with Gasteiger partial charge in [-0.25, -0.2) is 9.59 Å². The van der Waals surface area contributed by atoms with Gasteiger partial charge in [-0.15, -0.1) is 0 Å². The molecule has 0 radical (unpaired) electrons. The second-order valence-electron chi connectivity index (χ2n) is 12.6. The van der Waals surface area contributed by atoms with E-state index < -0.39 is 59.4 Å². The Balaban J connectivity index is 1.20. The first-order valence-electron chi connectivity index (χ1n) is 14.8. The van der Waals surface area contributed by atoms with Crippen LogP contribution in [0.1, 0.15) is 55.9 Å². The van der Waals surface area contributed by atoms with Crippen LogP contribution in [0.3, 0.4) is 0 Å². The SMILES string of the molecule is COc1ccc2c3c1O[C@H]1C(OC(=O)[C@@H](OC(=O)C[C@@H]4OC(C)(C)OC4=O)c4ccccc4)=CC[C@]4(O)C(C2)N(C)CC[C@]314. The third-order valence-corrected chi connectivity index (χ3v) is 9.73. The summed E-state index contributed by atoms with van der Waals surface area (Å²) in [5.41, 5.74) is 0.346. The second-order valence-corrected chi connectivity index (χ2v) is 12.6. The van der Waals surface area contributed by atoms with Crippen molar-refractivity contribution in [1.29, 1.82) is 0 Å². The summed E-state index contributed by atoms with van der Waals surface area (Å²) in [6.07, 6.45) is -0.633. The Hall–Kier alpha value is -3.93. The van der Waals surface area contributed by atoms with Crippen molar-refractivity contribution < 1.29 is 47.9 Å². The Morgan fingerprint density at radius 2 is 1.93 bits per heavy atom.